The first-order valence-corrected chi connectivity index (χ1v) is 22.7. The molecule has 3 unspecified atom stereocenters. The lowest BCUT2D eigenvalue weighted by Gasteiger charge is -2.19. The number of hydrogen-bond donors (Lipinski definition) is 2. The molecular weight excluding hydrogens is 729 g/mol. The second kappa shape index (κ2) is 36.5. The first kappa shape index (κ1) is 51.2. The summed E-state index contributed by atoms with van der Waals surface area (Å²) in [6, 6.07) is 0. The van der Waals surface area contributed by atoms with Gasteiger partial charge >= 0.3 is 19.8 Å². The van der Waals surface area contributed by atoms with Crippen molar-refractivity contribution in [2.45, 2.75) is 161 Å². The molecule has 1 saturated heterocycles. The molecule has 11 heteroatoms. The van der Waals surface area contributed by atoms with Crippen LogP contribution < -0.4 is 5.73 Å². The first-order chi connectivity index (χ1) is 27.3. The molecule has 3 N–H and O–H groups in total. The molecule has 0 aromatic carbocycles. The summed E-state index contributed by atoms with van der Waals surface area (Å²) < 4.78 is 38.4. The molecule has 1 fully saturated rings. The third kappa shape index (κ3) is 33.3. The second-order valence-corrected chi connectivity index (χ2v) is 15.3. The zero-order valence-corrected chi connectivity index (χ0v) is 35.4. The minimum atomic E-state index is -4.41. The fourth-order valence-electron chi connectivity index (χ4n) is 5.42. The van der Waals surface area contributed by atoms with Gasteiger partial charge in [-0.1, -0.05) is 131 Å². The van der Waals surface area contributed by atoms with Gasteiger partial charge in [0.1, 0.15) is 6.61 Å². The Kier molecular flexibility index (Phi) is 33.3. The molecule has 56 heavy (non-hydrogen) atoms. The number of carbonyl (C=O) groups is 2. The molecular formula is C45H74NO9P. The van der Waals surface area contributed by atoms with E-state index in [9.17, 15) is 19.0 Å². The molecule has 1 aliphatic heterocycles. The molecule has 0 saturated carbocycles. The molecule has 0 aliphatic carbocycles. The second-order valence-electron chi connectivity index (χ2n) is 13.9. The molecule has 0 radical (unpaired) electrons. The van der Waals surface area contributed by atoms with E-state index in [0.717, 1.165) is 44.9 Å². The molecule has 10 nitrogen and oxygen atoms in total. The summed E-state index contributed by atoms with van der Waals surface area (Å²) in [6.45, 7) is 3.51. The van der Waals surface area contributed by atoms with Crippen LogP contribution in [0.25, 0.3) is 0 Å². The average molecular weight is 804 g/mol. The van der Waals surface area contributed by atoms with Gasteiger partial charge in [-0.3, -0.25) is 18.6 Å². The van der Waals surface area contributed by atoms with E-state index in [-0.39, 0.29) is 32.6 Å². The van der Waals surface area contributed by atoms with Crippen LogP contribution in [0, 0.1) is 0 Å². The lowest BCUT2D eigenvalue weighted by Crippen LogP contribution is -2.29. The number of unbranched alkanes of at least 4 members (excludes halogenated alkanes) is 7. The highest BCUT2D eigenvalue weighted by Gasteiger charge is 2.36. The van der Waals surface area contributed by atoms with Gasteiger partial charge in [-0.2, -0.15) is 0 Å². The molecule has 0 spiro atoms. The normalized spacial score (nSPS) is 17.8. The van der Waals surface area contributed by atoms with Crippen LogP contribution in [0.4, 0.5) is 0 Å². The minimum absolute atomic E-state index is 0.0310. The van der Waals surface area contributed by atoms with Crippen molar-refractivity contribution in [1.29, 1.82) is 0 Å². The molecule has 4 atom stereocenters. The van der Waals surface area contributed by atoms with Crippen molar-refractivity contribution in [3.8, 4) is 0 Å². The Morgan fingerprint density at radius 3 is 1.70 bits per heavy atom. The molecule has 1 aliphatic rings. The monoisotopic (exact) mass is 804 g/mol. The number of phosphoric ester groups is 1. The van der Waals surface area contributed by atoms with Gasteiger partial charge in [0, 0.05) is 19.4 Å². The van der Waals surface area contributed by atoms with Crippen LogP contribution >= 0.6 is 7.82 Å². The van der Waals surface area contributed by atoms with Crippen molar-refractivity contribution in [2.75, 3.05) is 26.4 Å². The van der Waals surface area contributed by atoms with Gasteiger partial charge in [0.05, 0.1) is 25.4 Å². The van der Waals surface area contributed by atoms with Crippen LogP contribution in [0.5, 0.6) is 0 Å². The molecule has 1 rings (SSSR count). The van der Waals surface area contributed by atoms with Crippen molar-refractivity contribution >= 4 is 19.8 Å². The molecule has 0 aromatic heterocycles. The zero-order chi connectivity index (χ0) is 40.8. The predicted molar refractivity (Wildman–Crippen MR) is 228 cm³/mol. The fourth-order valence-corrected chi connectivity index (χ4v) is 6.18. The Hall–Kier alpha value is -2.85. The number of esters is 2. The highest BCUT2D eigenvalue weighted by Crippen LogP contribution is 2.43. The van der Waals surface area contributed by atoms with E-state index >= 15 is 0 Å². The van der Waals surface area contributed by atoms with Crippen molar-refractivity contribution < 1.29 is 42.3 Å². The fraction of sp³-hybridized carbons (Fsp3) is 0.644. The number of allylic oxidation sites excluding steroid dienone is 13. The number of ether oxygens (including phenoxy) is 3. The summed E-state index contributed by atoms with van der Waals surface area (Å²) in [5, 5.41) is 0. The highest BCUT2D eigenvalue weighted by molar-refractivity contribution is 7.47. The third-order valence-corrected chi connectivity index (χ3v) is 9.66. The number of epoxide rings is 1. The van der Waals surface area contributed by atoms with Crippen molar-refractivity contribution in [1.82, 2.24) is 0 Å². The number of hydrogen-bond acceptors (Lipinski definition) is 9. The topological polar surface area (TPSA) is 147 Å². The Labute approximate surface area is 339 Å². The van der Waals surface area contributed by atoms with Gasteiger partial charge in [-0.25, -0.2) is 4.57 Å². The summed E-state index contributed by atoms with van der Waals surface area (Å²) in [6.07, 6.45) is 48.0. The molecule has 0 amide bonds. The van der Waals surface area contributed by atoms with E-state index in [1.165, 1.54) is 51.4 Å². The van der Waals surface area contributed by atoms with Gasteiger partial charge in [-0.15, -0.1) is 0 Å². The van der Waals surface area contributed by atoms with Crippen LogP contribution in [0.15, 0.2) is 85.1 Å². The Morgan fingerprint density at radius 2 is 1.14 bits per heavy atom. The van der Waals surface area contributed by atoms with Crippen LogP contribution in [0.1, 0.15) is 142 Å². The predicted octanol–water partition coefficient (Wildman–Crippen LogP) is 11.0. The Balaban J connectivity index is 2.28. The van der Waals surface area contributed by atoms with Crippen molar-refractivity contribution in [3.63, 3.8) is 0 Å². The molecule has 0 aromatic rings. The quantitative estimate of drug-likeness (QED) is 0.0204. The maximum Gasteiger partial charge on any atom is 0.472 e. The molecule has 318 valence electrons. The Morgan fingerprint density at radius 1 is 0.643 bits per heavy atom. The lowest BCUT2D eigenvalue weighted by molar-refractivity contribution is -0.161. The van der Waals surface area contributed by atoms with Crippen molar-refractivity contribution in [3.05, 3.63) is 85.1 Å². The summed E-state index contributed by atoms with van der Waals surface area (Å²) >= 11 is 0. The smallest absolute Gasteiger partial charge is 0.462 e. The summed E-state index contributed by atoms with van der Waals surface area (Å²) in [4.78, 5) is 34.8. The van der Waals surface area contributed by atoms with Gasteiger partial charge < -0.3 is 24.8 Å². The summed E-state index contributed by atoms with van der Waals surface area (Å²) in [5.74, 6) is -0.974. The van der Waals surface area contributed by atoms with Gasteiger partial charge in [-0.05, 0) is 83.5 Å². The standard InChI is InChI=1S/C45H74NO9P/c1-3-5-7-8-9-10-11-12-13-14-15-16-17-21-24-27-31-35-44(47)51-39-41(40-53-56(49,50)52-38-37-46)54-45(48)36-32-28-25-22-19-18-20-23-26-30-34-43-42(55-43)33-29-6-4-2/h9-10,12-13,15-16,18,20-22,24-26,30,41-43H,3-8,11,14,17,19,23,27-29,31-40,46H2,1-2H3,(H,49,50)/b10-9-,13-12-,16-15-,20-18-,24-21-,25-22-,30-26-/t41-,42?,43?/m1/s1. The zero-order valence-electron chi connectivity index (χ0n) is 34.5. The third-order valence-electron chi connectivity index (χ3n) is 8.68. The SMILES string of the molecule is CCCCC/C=C\C/C=C\C/C=C\C/C=C\CCCC(=O)OC[C@H](COP(=O)(O)OCCN)OC(=O)CCC/C=C\C/C=C\C/C=C\CC1OC1CCCCC. The van der Waals surface area contributed by atoms with Crippen LogP contribution in [0.3, 0.4) is 0 Å². The highest BCUT2D eigenvalue weighted by atomic mass is 31.2. The van der Waals surface area contributed by atoms with Crippen LogP contribution in [-0.2, 0) is 37.4 Å². The first-order valence-electron chi connectivity index (χ1n) is 21.2. The van der Waals surface area contributed by atoms with E-state index in [0.29, 0.717) is 31.5 Å². The largest absolute Gasteiger partial charge is 0.472 e. The average Bonchev–Trinajstić information content (AvgIpc) is 3.94. The van der Waals surface area contributed by atoms with Gasteiger partial charge in [0.2, 0.25) is 0 Å². The maximum absolute atomic E-state index is 12.6. The molecule has 0 bridgehead atoms. The maximum atomic E-state index is 12.6. The molecule has 1 heterocycles. The number of phosphoric acid groups is 1. The number of nitrogens with two attached hydrogens (primary N) is 1. The van der Waals surface area contributed by atoms with E-state index in [1.807, 2.05) is 12.2 Å². The van der Waals surface area contributed by atoms with Crippen molar-refractivity contribution in [2.24, 2.45) is 5.73 Å². The Bertz CT molecular complexity index is 1260. The van der Waals surface area contributed by atoms with Crippen LogP contribution in [0.2, 0.25) is 0 Å². The number of rotatable bonds is 37. The van der Waals surface area contributed by atoms with Gasteiger partial charge in [0.25, 0.3) is 0 Å². The lowest BCUT2D eigenvalue weighted by atomic mass is 10.1. The van der Waals surface area contributed by atoms with Crippen LogP contribution in [-0.4, -0.2) is 61.5 Å². The minimum Gasteiger partial charge on any atom is -0.462 e. The van der Waals surface area contributed by atoms with Gasteiger partial charge in [0.15, 0.2) is 6.10 Å². The summed E-state index contributed by atoms with van der Waals surface area (Å²) in [5.41, 5.74) is 5.34. The van der Waals surface area contributed by atoms with E-state index < -0.39 is 32.5 Å². The number of carbonyl (C=O) groups excluding carboxylic acids is 2. The van der Waals surface area contributed by atoms with E-state index in [2.05, 4.69) is 86.8 Å². The summed E-state index contributed by atoms with van der Waals surface area (Å²) in [7, 11) is -4.41. The van der Waals surface area contributed by atoms with E-state index in [1.54, 1.807) is 0 Å². The van der Waals surface area contributed by atoms with E-state index in [4.69, 9.17) is 29.0 Å².